The van der Waals surface area contributed by atoms with Crippen LogP contribution in [0.1, 0.15) is 5.56 Å². The van der Waals surface area contributed by atoms with Gasteiger partial charge in [-0.3, -0.25) is 4.79 Å². The van der Waals surface area contributed by atoms with Gasteiger partial charge in [0.25, 0.3) is 0 Å². The van der Waals surface area contributed by atoms with Gasteiger partial charge in [0.15, 0.2) is 5.58 Å². The summed E-state index contributed by atoms with van der Waals surface area (Å²) < 4.78 is 56.3. The maximum absolute atomic E-state index is 13.8. The molecule has 124 valence electrons. The van der Waals surface area contributed by atoms with Crippen LogP contribution in [0.25, 0.3) is 22.6 Å². The van der Waals surface area contributed by atoms with Gasteiger partial charge in [0, 0.05) is 5.69 Å². The number of amides is 1. The van der Waals surface area contributed by atoms with E-state index >= 15 is 0 Å². The van der Waals surface area contributed by atoms with Crippen LogP contribution in [0.5, 0.6) is 0 Å². The van der Waals surface area contributed by atoms with Crippen LogP contribution < -0.4 is 5.32 Å². The van der Waals surface area contributed by atoms with Crippen LogP contribution in [0.3, 0.4) is 0 Å². The summed E-state index contributed by atoms with van der Waals surface area (Å²) in [6.45, 7) is 1.59. The molecule has 1 N–H and O–H groups in total. The average molecular weight is 338 g/mol. The van der Waals surface area contributed by atoms with Crippen LogP contribution >= 0.6 is 0 Å². The fourth-order valence-electron chi connectivity index (χ4n) is 2.22. The van der Waals surface area contributed by atoms with Gasteiger partial charge in [-0.15, -0.1) is 0 Å². The summed E-state index contributed by atoms with van der Waals surface area (Å²) in [7, 11) is 0. The molecule has 0 aliphatic rings. The van der Waals surface area contributed by atoms with Gasteiger partial charge in [0.1, 0.15) is 11.3 Å². The number of aromatic nitrogens is 1. The Bertz CT molecular complexity index is 931. The first-order valence-corrected chi connectivity index (χ1v) is 6.80. The number of benzene rings is 2. The fourth-order valence-corrected chi connectivity index (χ4v) is 2.22. The topological polar surface area (TPSA) is 55.1 Å². The predicted molar refractivity (Wildman–Crippen MR) is 78.8 cm³/mol. The van der Waals surface area contributed by atoms with E-state index < -0.39 is 17.9 Å². The second-order valence-corrected chi connectivity index (χ2v) is 5.09. The highest BCUT2D eigenvalue weighted by Gasteiger charge is 2.38. The molecule has 4 nitrogen and oxygen atoms in total. The number of alkyl halides is 3. The first-order valence-electron chi connectivity index (χ1n) is 6.80. The van der Waals surface area contributed by atoms with Gasteiger partial charge in [-0.25, -0.2) is 9.37 Å². The lowest BCUT2D eigenvalue weighted by molar-refractivity contribution is -0.167. The van der Waals surface area contributed by atoms with Gasteiger partial charge >= 0.3 is 12.1 Å². The normalized spacial score (nSPS) is 11.7. The lowest BCUT2D eigenvalue weighted by Gasteiger charge is -2.08. The smallest absolute Gasteiger partial charge is 0.436 e. The first kappa shape index (κ1) is 16.0. The molecule has 0 atom stereocenters. The van der Waals surface area contributed by atoms with Crippen molar-refractivity contribution < 1.29 is 26.8 Å². The molecule has 1 amide bonds. The Morgan fingerprint density at radius 1 is 1.21 bits per heavy atom. The van der Waals surface area contributed by atoms with Crippen molar-refractivity contribution in [3.63, 3.8) is 0 Å². The Hall–Kier alpha value is -2.90. The number of carbonyl (C=O) groups is 1. The molecule has 0 radical (unpaired) electrons. The predicted octanol–water partition coefficient (Wildman–Crippen LogP) is 4.44. The summed E-state index contributed by atoms with van der Waals surface area (Å²) >= 11 is 0. The van der Waals surface area contributed by atoms with Crippen molar-refractivity contribution in [3.05, 3.63) is 47.8 Å². The van der Waals surface area contributed by atoms with E-state index in [1.807, 2.05) is 0 Å². The van der Waals surface area contributed by atoms with Crippen LogP contribution in [0.2, 0.25) is 0 Å². The molecule has 0 saturated carbocycles. The number of anilines is 1. The summed E-state index contributed by atoms with van der Waals surface area (Å²) in [5.41, 5.74) is 1.04. The highest BCUT2D eigenvalue weighted by Crippen LogP contribution is 2.30. The molecular formula is C16H10F4N2O2. The quantitative estimate of drug-likeness (QED) is 0.703. The highest BCUT2D eigenvalue weighted by molar-refractivity contribution is 5.97. The van der Waals surface area contributed by atoms with Gasteiger partial charge < -0.3 is 9.73 Å². The number of hydrogen-bond donors (Lipinski definition) is 1. The zero-order valence-corrected chi connectivity index (χ0v) is 12.2. The summed E-state index contributed by atoms with van der Waals surface area (Å²) in [4.78, 5) is 15.1. The van der Waals surface area contributed by atoms with Crippen molar-refractivity contribution in [1.82, 2.24) is 4.98 Å². The Kier molecular flexibility index (Phi) is 3.75. The Balaban J connectivity index is 2.03. The molecule has 0 saturated heterocycles. The Labute approximate surface area is 133 Å². The second-order valence-electron chi connectivity index (χ2n) is 5.09. The van der Waals surface area contributed by atoms with Crippen LogP contribution in [0.15, 0.2) is 40.8 Å². The molecule has 3 aromatic rings. The van der Waals surface area contributed by atoms with E-state index in [4.69, 9.17) is 4.42 Å². The second kappa shape index (κ2) is 5.63. The first-order chi connectivity index (χ1) is 11.3. The number of oxazole rings is 1. The zero-order chi connectivity index (χ0) is 17.5. The maximum atomic E-state index is 13.8. The van der Waals surface area contributed by atoms with E-state index in [0.29, 0.717) is 11.1 Å². The number of hydrogen-bond acceptors (Lipinski definition) is 3. The number of aryl methyl sites for hydroxylation is 1. The summed E-state index contributed by atoms with van der Waals surface area (Å²) in [6, 6.07) is 8.39. The number of fused-ring (bicyclic) bond motifs is 1. The van der Waals surface area contributed by atoms with E-state index in [0.717, 1.165) is 0 Å². The van der Waals surface area contributed by atoms with Crippen LogP contribution in [-0.4, -0.2) is 17.1 Å². The maximum Gasteiger partial charge on any atom is 0.471 e. The van der Waals surface area contributed by atoms with Gasteiger partial charge in [-0.05, 0) is 36.8 Å². The Morgan fingerprint density at radius 2 is 1.92 bits per heavy atom. The van der Waals surface area contributed by atoms with Gasteiger partial charge in [-0.1, -0.05) is 12.1 Å². The molecule has 1 heterocycles. The van der Waals surface area contributed by atoms with E-state index in [1.54, 1.807) is 18.3 Å². The zero-order valence-electron chi connectivity index (χ0n) is 12.2. The summed E-state index contributed by atoms with van der Waals surface area (Å²) in [5, 5.41) is 1.76. The summed E-state index contributed by atoms with van der Waals surface area (Å²) in [6.07, 6.45) is -5.00. The van der Waals surface area contributed by atoms with Crippen molar-refractivity contribution in [2.75, 3.05) is 5.32 Å². The van der Waals surface area contributed by atoms with Crippen molar-refractivity contribution in [2.24, 2.45) is 0 Å². The third kappa shape index (κ3) is 2.94. The molecule has 0 aliphatic heterocycles. The molecule has 1 aromatic heterocycles. The molecule has 0 aliphatic carbocycles. The SMILES string of the molecule is Cc1cc(NC(=O)C(F)(F)F)cc2nc(-c3ccccc3F)oc12. The van der Waals surface area contributed by atoms with Gasteiger partial charge in [0.05, 0.1) is 5.56 Å². The van der Waals surface area contributed by atoms with Crippen LogP contribution in [-0.2, 0) is 4.79 Å². The standard InChI is InChI=1S/C16H10F4N2O2/c1-8-6-9(21-15(23)16(18,19)20)7-12-13(8)24-14(22-12)10-4-2-3-5-11(10)17/h2-7H,1H3,(H,21,23). The molecule has 0 unspecified atom stereocenters. The average Bonchev–Trinajstić information content (AvgIpc) is 2.91. The van der Waals surface area contributed by atoms with Crippen LogP contribution in [0, 0.1) is 12.7 Å². The third-order valence-corrected chi connectivity index (χ3v) is 3.30. The number of nitrogens with one attached hydrogen (secondary N) is 1. The van der Waals surface area contributed by atoms with Crippen molar-refractivity contribution in [2.45, 2.75) is 13.1 Å². The van der Waals surface area contributed by atoms with Crippen LogP contribution in [0.4, 0.5) is 23.2 Å². The van der Waals surface area contributed by atoms with Crippen molar-refractivity contribution in [3.8, 4) is 11.5 Å². The van der Waals surface area contributed by atoms with Crippen molar-refractivity contribution in [1.29, 1.82) is 0 Å². The minimum Gasteiger partial charge on any atom is -0.436 e. The van der Waals surface area contributed by atoms with E-state index in [2.05, 4.69) is 4.98 Å². The molecule has 0 bridgehead atoms. The number of carbonyl (C=O) groups excluding carboxylic acids is 1. The molecule has 3 rings (SSSR count). The largest absolute Gasteiger partial charge is 0.471 e. The van der Waals surface area contributed by atoms with Gasteiger partial charge in [0.2, 0.25) is 5.89 Å². The molecule has 2 aromatic carbocycles. The highest BCUT2D eigenvalue weighted by atomic mass is 19.4. The number of halogens is 4. The number of nitrogens with zero attached hydrogens (tertiary/aromatic N) is 1. The van der Waals surface area contributed by atoms with E-state index in [1.165, 1.54) is 30.3 Å². The number of rotatable bonds is 2. The minimum atomic E-state index is -5.00. The lowest BCUT2D eigenvalue weighted by atomic mass is 10.2. The summed E-state index contributed by atoms with van der Waals surface area (Å²) in [5.74, 6) is -2.61. The molecule has 0 fully saturated rings. The van der Waals surface area contributed by atoms with E-state index in [-0.39, 0.29) is 22.7 Å². The molecule has 8 heteroatoms. The minimum absolute atomic E-state index is 0.00509. The molecular weight excluding hydrogens is 328 g/mol. The Morgan fingerprint density at radius 3 is 2.58 bits per heavy atom. The van der Waals surface area contributed by atoms with Crippen molar-refractivity contribution >= 4 is 22.7 Å². The third-order valence-electron chi connectivity index (χ3n) is 3.30. The van der Waals surface area contributed by atoms with E-state index in [9.17, 15) is 22.4 Å². The monoisotopic (exact) mass is 338 g/mol. The van der Waals surface area contributed by atoms with Gasteiger partial charge in [-0.2, -0.15) is 13.2 Å². The fraction of sp³-hybridized carbons (Fsp3) is 0.125. The lowest BCUT2D eigenvalue weighted by Crippen LogP contribution is -2.29. The molecule has 0 spiro atoms. The molecule has 24 heavy (non-hydrogen) atoms.